The zero-order valence-corrected chi connectivity index (χ0v) is 12.2. The van der Waals surface area contributed by atoms with Gasteiger partial charge >= 0.3 is 0 Å². The lowest BCUT2D eigenvalue weighted by molar-refractivity contribution is 0.277. The van der Waals surface area contributed by atoms with Crippen molar-refractivity contribution in [1.29, 1.82) is 0 Å². The van der Waals surface area contributed by atoms with Gasteiger partial charge in [-0.1, -0.05) is 26.0 Å². The van der Waals surface area contributed by atoms with Crippen LogP contribution < -0.4 is 5.32 Å². The lowest BCUT2D eigenvalue weighted by atomic mass is 10.0. The molecule has 1 atom stereocenters. The van der Waals surface area contributed by atoms with Gasteiger partial charge < -0.3 is 10.2 Å². The second-order valence-corrected chi connectivity index (χ2v) is 5.43. The highest BCUT2D eigenvalue weighted by molar-refractivity contribution is 5.22. The highest BCUT2D eigenvalue weighted by atomic mass is 19.2. The van der Waals surface area contributed by atoms with Crippen LogP contribution in [0.1, 0.15) is 31.9 Å². The monoisotopic (exact) mass is 270 g/mol. The first kappa shape index (κ1) is 16.1. The Morgan fingerprint density at radius 1 is 1.26 bits per heavy atom. The standard InChI is InChI=1S/C15H24F2N2/c1-11(2)10-19(4)9-8-14(18-3)12-6-5-7-13(16)15(12)17/h5-7,11,14,18H,8-10H2,1-4H3. The van der Waals surface area contributed by atoms with Crippen LogP contribution in [0.5, 0.6) is 0 Å². The second kappa shape index (κ2) is 7.56. The fraction of sp³-hybridized carbons (Fsp3) is 0.600. The van der Waals surface area contributed by atoms with E-state index in [-0.39, 0.29) is 6.04 Å². The van der Waals surface area contributed by atoms with Gasteiger partial charge in [-0.15, -0.1) is 0 Å². The average molecular weight is 270 g/mol. The lowest BCUT2D eigenvalue weighted by Crippen LogP contribution is -2.28. The van der Waals surface area contributed by atoms with E-state index < -0.39 is 11.6 Å². The Hall–Kier alpha value is -1.00. The molecule has 1 unspecified atom stereocenters. The third-order valence-corrected chi connectivity index (χ3v) is 3.18. The van der Waals surface area contributed by atoms with Crippen LogP contribution in [0.4, 0.5) is 8.78 Å². The maximum Gasteiger partial charge on any atom is 0.163 e. The number of benzene rings is 1. The number of rotatable bonds is 7. The van der Waals surface area contributed by atoms with Gasteiger partial charge in [0, 0.05) is 18.2 Å². The van der Waals surface area contributed by atoms with Crippen molar-refractivity contribution in [2.45, 2.75) is 26.3 Å². The van der Waals surface area contributed by atoms with Crippen LogP contribution in [-0.2, 0) is 0 Å². The molecule has 0 radical (unpaired) electrons. The number of nitrogens with zero attached hydrogens (tertiary/aromatic N) is 1. The van der Waals surface area contributed by atoms with Crippen molar-refractivity contribution in [2.75, 3.05) is 27.2 Å². The molecule has 0 amide bonds. The largest absolute Gasteiger partial charge is 0.313 e. The molecular weight excluding hydrogens is 246 g/mol. The Morgan fingerprint density at radius 2 is 1.95 bits per heavy atom. The van der Waals surface area contributed by atoms with Crippen molar-refractivity contribution < 1.29 is 8.78 Å². The molecule has 0 fully saturated rings. The molecule has 0 bridgehead atoms. The van der Waals surface area contributed by atoms with Gasteiger partial charge in [0.15, 0.2) is 11.6 Å². The summed E-state index contributed by atoms with van der Waals surface area (Å²) in [4.78, 5) is 2.21. The SMILES string of the molecule is CNC(CCN(C)CC(C)C)c1cccc(F)c1F. The normalized spacial score (nSPS) is 13.3. The number of hydrogen-bond acceptors (Lipinski definition) is 2. The van der Waals surface area contributed by atoms with Crippen molar-refractivity contribution in [3.05, 3.63) is 35.4 Å². The third-order valence-electron chi connectivity index (χ3n) is 3.18. The Kier molecular flexibility index (Phi) is 6.38. The summed E-state index contributed by atoms with van der Waals surface area (Å²) in [5.41, 5.74) is 0.403. The molecule has 0 aliphatic heterocycles. The first-order chi connectivity index (χ1) is 8.95. The molecular formula is C15H24F2N2. The Balaban J connectivity index is 2.66. The minimum absolute atomic E-state index is 0.162. The zero-order valence-electron chi connectivity index (χ0n) is 12.2. The van der Waals surface area contributed by atoms with Gasteiger partial charge in [-0.2, -0.15) is 0 Å². The molecule has 1 N–H and O–H groups in total. The smallest absolute Gasteiger partial charge is 0.163 e. The number of nitrogens with one attached hydrogen (secondary N) is 1. The highest BCUT2D eigenvalue weighted by Gasteiger charge is 2.17. The summed E-state index contributed by atoms with van der Waals surface area (Å²) >= 11 is 0. The predicted molar refractivity (Wildman–Crippen MR) is 75.1 cm³/mol. The number of hydrogen-bond donors (Lipinski definition) is 1. The fourth-order valence-electron chi connectivity index (χ4n) is 2.31. The molecule has 0 saturated carbocycles. The molecule has 1 aromatic carbocycles. The van der Waals surface area contributed by atoms with Crippen LogP contribution in [0.25, 0.3) is 0 Å². The van der Waals surface area contributed by atoms with E-state index in [1.54, 1.807) is 19.2 Å². The van der Waals surface area contributed by atoms with E-state index in [9.17, 15) is 8.78 Å². The van der Waals surface area contributed by atoms with Crippen LogP contribution in [-0.4, -0.2) is 32.1 Å². The quantitative estimate of drug-likeness (QED) is 0.818. The molecule has 0 aliphatic rings. The van der Waals surface area contributed by atoms with Gasteiger partial charge in [0.05, 0.1) is 0 Å². The zero-order chi connectivity index (χ0) is 14.4. The van der Waals surface area contributed by atoms with E-state index in [1.165, 1.54) is 0 Å². The molecule has 0 saturated heterocycles. The molecule has 0 aliphatic carbocycles. The summed E-state index contributed by atoms with van der Waals surface area (Å²) in [6.07, 6.45) is 0.750. The van der Waals surface area contributed by atoms with Gasteiger partial charge in [0.2, 0.25) is 0 Å². The van der Waals surface area contributed by atoms with Gasteiger partial charge in [0.1, 0.15) is 0 Å². The Morgan fingerprint density at radius 3 is 2.53 bits per heavy atom. The minimum atomic E-state index is -0.784. The van der Waals surface area contributed by atoms with E-state index in [0.29, 0.717) is 11.5 Å². The van der Waals surface area contributed by atoms with Crippen LogP contribution >= 0.6 is 0 Å². The molecule has 19 heavy (non-hydrogen) atoms. The van der Waals surface area contributed by atoms with E-state index >= 15 is 0 Å². The van der Waals surface area contributed by atoms with E-state index in [4.69, 9.17) is 0 Å². The third kappa shape index (κ3) is 4.88. The summed E-state index contributed by atoms with van der Waals surface area (Å²) in [7, 11) is 3.83. The molecule has 108 valence electrons. The molecule has 0 aromatic heterocycles. The maximum atomic E-state index is 13.7. The molecule has 0 spiro atoms. The lowest BCUT2D eigenvalue weighted by Gasteiger charge is -2.23. The Bertz CT molecular complexity index is 394. The summed E-state index contributed by atoms with van der Waals surface area (Å²) in [6, 6.07) is 4.18. The summed E-state index contributed by atoms with van der Waals surface area (Å²) in [6.45, 7) is 6.18. The molecule has 1 rings (SSSR count). The van der Waals surface area contributed by atoms with Crippen molar-refractivity contribution in [1.82, 2.24) is 10.2 Å². The van der Waals surface area contributed by atoms with E-state index in [1.807, 2.05) is 0 Å². The summed E-state index contributed by atoms with van der Waals surface area (Å²) in [5.74, 6) is -0.925. The van der Waals surface area contributed by atoms with Crippen LogP contribution in [0.15, 0.2) is 18.2 Å². The molecule has 4 heteroatoms. The van der Waals surface area contributed by atoms with E-state index in [2.05, 4.69) is 31.1 Å². The van der Waals surface area contributed by atoms with Crippen molar-refractivity contribution in [3.8, 4) is 0 Å². The average Bonchev–Trinajstić information content (AvgIpc) is 2.34. The fourth-order valence-corrected chi connectivity index (χ4v) is 2.31. The second-order valence-electron chi connectivity index (χ2n) is 5.43. The topological polar surface area (TPSA) is 15.3 Å². The predicted octanol–water partition coefficient (Wildman–Crippen LogP) is 3.20. The van der Waals surface area contributed by atoms with Gasteiger partial charge in [-0.25, -0.2) is 8.78 Å². The van der Waals surface area contributed by atoms with Crippen molar-refractivity contribution in [2.24, 2.45) is 5.92 Å². The van der Waals surface area contributed by atoms with Crippen LogP contribution in [0.3, 0.4) is 0 Å². The van der Waals surface area contributed by atoms with Crippen LogP contribution in [0.2, 0.25) is 0 Å². The number of halogens is 2. The minimum Gasteiger partial charge on any atom is -0.313 e. The van der Waals surface area contributed by atoms with Crippen molar-refractivity contribution >= 4 is 0 Å². The van der Waals surface area contributed by atoms with Gasteiger partial charge in [0.25, 0.3) is 0 Å². The maximum absolute atomic E-state index is 13.7. The van der Waals surface area contributed by atoms with Crippen molar-refractivity contribution in [3.63, 3.8) is 0 Å². The van der Waals surface area contributed by atoms with E-state index in [0.717, 1.165) is 25.6 Å². The first-order valence-electron chi connectivity index (χ1n) is 6.75. The molecule has 2 nitrogen and oxygen atoms in total. The van der Waals surface area contributed by atoms with Crippen LogP contribution in [0, 0.1) is 17.6 Å². The molecule has 1 aromatic rings. The summed E-state index contributed by atoms with van der Waals surface area (Å²) in [5, 5.41) is 3.06. The first-order valence-corrected chi connectivity index (χ1v) is 6.75. The summed E-state index contributed by atoms with van der Waals surface area (Å²) < 4.78 is 27.0. The van der Waals surface area contributed by atoms with Gasteiger partial charge in [-0.3, -0.25) is 0 Å². The van der Waals surface area contributed by atoms with Gasteiger partial charge in [-0.05, 0) is 39.0 Å². The molecule has 0 heterocycles. The highest BCUT2D eigenvalue weighted by Crippen LogP contribution is 2.22. The Labute approximate surface area is 114 Å².